The number of likely N-dealkylation sites (N-methyl/N-ethyl adjacent to an activating group) is 1. The first-order chi connectivity index (χ1) is 20.2. The highest BCUT2D eigenvalue weighted by molar-refractivity contribution is 7.52. The molecule has 0 aromatic rings. The fraction of sp³-hybridized carbons (Fsp3) is 0.852. The Labute approximate surface area is 250 Å². The molecule has 15 heteroatoms. The zero-order valence-electron chi connectivity index (χ0n) is 25.8. The number of nitrogens with zero attached hydrogens (tertiary/aromatic N) is 2. The number of ether oxygens (including phenoxy) is 5. The molecule has 0 heterocycles. The van der Waals surface area contributed by atoms with E-state index in [4.69, 9.17) is 38.5 Å². The normalized spacial score (nSPS) is 11.6. The topological polar surface area (TPSA) is 175 Å². The summed E-state index contributed by atoms with van der Waals surface area (Å²) >= 11 is 0. The highest BCUT2D eigenvalue weighted by atomic mass is 31.2. The molecule has 2 N–H and O–H groups in total. The third-order valence-corrected chi connectivity index (χ3v) is 6.88. The standard InChI is InChI=1S/C27H52N3O11P/c1-5-8-10-17-36-26(32)38-19-12-14-21-40-42(34,29-25(28)30(4)23-24(31)35-16-7-3)41-22-15-13-20-39-27(33)37-18-11-9-6-2/h5-23H2,1-4H3,(H2,28,29,34). The Hall–Kier alpha value is -2.57. The first-order valence-corrected chi connectivity index (χ1v) is 16.4. The van der Waals surface area contributed by atoms with E-state index in [0.717, 1.165) is 38.5 Å². The van der Waals surface area contributed by atoms with Crippen molar-refractivity contribution in [3.05, 3.63) is 0 Å². The summed E-state index contributed by atoms with van der Waals surface area (Å²) in [6, 6.07) is 0. The minimum absolute atomic E-state index is 0.0157. The third-order valence-electron chi connectivity index (χ3n) is 5.41. The fourth-order valence-corrected chi connectivity index (χ4v) is 4.32. The van der Waals surface area contributed by atoms with Crippen LogP contribution in [-0.2, 0) is 42.1 Å². The number of carbonyl (C=O) groups is 3. The highest BCUT2D eigenvalue weighted by Gasteiger charge is 2.26. The van der Waals surface area contributed by atoms with Gasteiger partial charge in [-0.1, -0.05) is 46.5 Å². The molecule has 0 atom stereocenters. The van der Waals surface area contributed by atoms with Gasteiger partial charge in [0.2, 0.25) is 5.96 Å². The number of unbranched alkanes of at least 4 members (excludes halogenated alkanes) is 6. The predicted octanol–water partition coefficient (Wildman–Crippen LogP) is 5.57. The zero-order chi connectivity index (χ0) is 31.5. The lowest BCUT2D eigenvalue weighted by Gasteiger charge is -2.20. The van der Waals surface area contributed by atoms with Crippen molar-refractivity contribution in [1.29, 1.82) is 0 Å². The molecule has 0 fully saturated rings. The second-order valence-corrected chi connectivity index (χ2v) is 11.0. The van der Waals surface area contributed by atoms with Gasteiger partial charge in [0.25, 0.3) is 0 Å². The minimum Gasteiger partial charge on any atom is -0.464 e. The maximum Gasteiger partial charge on any atom is 0.508 e. The molecule has 0 saturated heterocycles. The van der Waals surface area contributed by atoms with Gasteiger partial charge < -0.3 is 34.3 Å². The van der Waals surface area contributed by atoms with Gasteiger partial charge in [0, 0.05) is 7.05 Å². The van der Waals surface area contributed by atoms with Crippen LogP contribution >= 0.6 is 7.75 Å². The fourth-order valence-electron chi connectivity index (χ4n) is 3.01. The molecule has 0 bridgehead atoms. The van der Waals surface area contributed by atoms with Gasteiger partial charge in [0.1, 0.15) is 6.54 Å². The number of rotatable bonds is 25. The first kappa shape index (κ1) is 39.4. The van der Waals surface area contributed by atoms with Gasteiger partial charge in [0.15, 0.2) is 0 Å². The molecule has 0 aliphatic carbocycles. The Kier molecular flexibility index (Phi) is 24.5. The smallest absolute Gasteiger partial charge is 0.464 e. The molecule has 0 saturated carbocycles. The predicted molar refractivity (Wildman–Crippen MR) is 157 cm³/mol. The number of nitrogens with two attached hydrogens (primary N) is 1. The average molecular weight is 626 g/mol. The van der Waals surface area contributed by atoms with Crippen molar-refractivity contribution < 1.29 is 51.7 Å². The molecule has 0 aliphatic heterocycles. The molecule has 0 aromatic carbocycles. The monoisotopic (exact) mass is 625 g/mol. The first-order valence-electron chi connectivity index (χ1n) is 14.9. The maximum atomic E-state index is 13.3. The molecule has 14 nitrogen and oxygen atoms in total. The average Bonchev–Trinajstić information content (AvgIpc) is 2.96. The Morgan fingerprint density at radius 3 is 1.43 bits per heavy atom. The van der Waals surface area contributed by atoms with E-state index < -0.39 is 26.0 Å². The summed E-state index contributed by atoms with van der Waals surface area (Å²) in [4.78, 5) is 36.3. The van der Waals surface area contributed by atoms with Crippen LogP contribution in [0.2, 0.25) is 0 Å². The molecule has 0 unspecified atom stereocenters. The van der Waals surface area contributed by atoms with Crippen molar-refractivity contribution in [3.63, 3.8) is 0 Å². The van der Waals surface area contributed by atoms with Gasteiger partial charge in [-0.3, -0.25) is 13.8 Å². The van der Waals surface area contributed by atoms with E-state index in [1.54, 1.807) is 0 Å². The summed E-state index contributed by atoms with van der Waals surface area (Å²) < 4.78 is 53.2. The molecule has 0 amide bonds. The Morgan fingerprint density at radius 2 is 1.02 bits per heavy atom. The van der Waals surface area contributed by atoms with Gasteiger partial charge in [-0.2, -0.15) is 0 Å². The lowest BCUT2D eigenvalue weighted by Crippen LogP contribution is -2.38. The molecular formula is C27H52N3O11P. The molecule has 0 spiro atoms. The van der Waals surface area contributed by atoms with Crippen LogP contribution in [0.5, 0.6) is 0 Å². The van der Waals surface area contributed by atoms with Crippen molar-refractivity contribution >= 4 is 32.0 Å². The van der Waals surface area contributed by atoms with E-state index in [-0.39, 0.29) is 45.5 Å². The largest absolute Gasteiger partial charge is 0.508 e. The molecule has 0 radical (unpaired) electrons. The quantitative estimate of drug-likeness (QED) is 0.0333. The summed E-state index contributed by atoms with van der Waals surface area (Å²) in [5.41, 5.74) is 5.96. The van der Waals surface area contributed by atoms with Crippen LogP contribution in [0.25, 0.3) is 0 Å². The van der Waals surface area contributed by atoms with Crippen molar-refractivity contribution in [2.45, 2.75) is 91.4 Å². The molecule has 0 aromatic heterocycles. The lowest BCUT2D eigenvalue weighted by atomic mass is 10.3. The zero-order valence-corrected chi connectivity index (χ0v) is 26.7. The van der Waals surface area contributed by atoms with Crippen molar-refractivity contribution in [3.8, 4) is 0 Å². The second-order valence-electron chi connectivity index (χ2n) is 9.39. The van der Waals surface area contributed by atoms with E-state index in [9.17, 15) is 18.9 Å². The van der Waals surface area contributed by atoms with Crippen LogP contribution in [0.3, 0.4) is 0 Å². The van der Waals surface area contributed by atoms with Crippen LogP contribution in [0.15, 0.2) is 4.76 Å². The SMILES string of the molecule is CCCCCOC(=O)OCCCCOP(=O)(/N=C(\N)N(C)CC(=O)OCCC)OCCCCOC(=O)OCCCCC. The number of hydrogen-bond donors (Lipinski definition) is 1. The summed E-state index contributed by atoms with van der Waals surface area (Å²) in [6.07, 6.45) is 6.40. The van der Waals surface area contributed by atoms with Gasteiger partial charge in [0.05, 0.1) is 46.2 Å². The van der Waals surface area contributed by atoms with E-state index in [0.29, 0.717) is 45.3 Å². The minimum atomic E-state index is -4.07. The molecule has 0 rings (SSSR count). The number of hydrogen-bond acceptors (Lipinski definition) is 11. The molecule has 0 aliphatic rings. The summed E-state index contributed by atoms with van der Waals surface area (Å²) in [7, 11) is -2.57. The van der Waals surface area contributed by atoms with Crippen molar-refractivity contribution in [2.75, 3.05) is 59.8 Å². The molecule has 246 valence electrons. The summed E-state index contributed by atoms with van der Waals surface area (Å²) in [5.74, 6) is -0.739. The van der Waals surface area contributed by atoms with Crippen LogP contribution < -0.4 is 5.73 Å². The summed E-state index contributed by atoms with van der Waals surface area (Å²) in [5, 5.41) is 0. The Morgan fingerprint density at radius 1 is 0.619 bits per heavy atom. The van der Waals surface area contributed by atoms with Crippen LogP contribution in [0.4, 0.5) is 9.59 Å². The van der Waals surface area contributed by atoms with Crippen LogP contribution in [0, 0.1) is 0 Å². The van der Waals surface area contributed by atoms with Crippen LogP contribution in [-0.4, -0.2) is 89.0 Å². The van der Waals surface area contributed by atoms with Gasteiger partial charge >= 0.3 is 26.0 Å². The third kappa shape index (κ3) is 23.0. The van der Waals surface area contributed by atoms with Crippen molar-refractivity contribution in [2.24, 2.45) is 10.5 Å². The lowest BCUT2D eigenvalue weighted by molar-refractivity contribution is -0.143. The van der Waals surface area contributed by atoms with Gasteiger partial charge in [-0.15, -0.1) is 4.76 Å². The Bertz CT molecular complexity index is 774. The van der Waals surface area contributed by atoms with E-state index in [1.165, 1.54) is 11.9 Å². The summed E-state index contributed by atoms with van der Waals surface area (Å²) in [6.45, 7) is 6.87. The highest BCUT2D eigenvalue weighted by Crippen LogP contribution is 2.50. The number of esters is 1. The van der Waals surface area contributed by atoms with E-state index >= 15 is 0 Å². The van der Waals surface area contributed by atoms with E-state index in [2.05, 4.69) is 18.6 Å². The molecular weight excluding hydrogens is 573 g/mol. The molecule has 42 heavy (non-hydrogen) atoms. The van der Waals surface area contributed by atoms with Crippen molar-refractivity contribution in [1.82, 2.24) is 4.90 Å². The number of guanidine groups is 1. The Balaban J connectivity index is 4.72. The number of carbonyl (C=O) groups excluding carboxylic acids is 3. The second kappa shape index (κ2) is 26.1. The van der Waals surface area contributed by atoms with Crippen LogP contribution in [0.1, 0.15) is 91.4 Å². The van der Waals surface area contributed by atoms with E-state index in [1.807, 2.05) is 6.92 Å². The maximum absolute atomic E-state index is 13.3. The van der Waals surface area contributed by atoms with Gasteiger partial charge in [-0.25, -0.2) is 14.2 Å². The van der Waals surface area contributed by atoms with Gasteiger partial charge in [-0.05, 0) is 44.9 Å².